The molecule has 9 nitrogen and oxygen atoms in total. The zero-order chi connectivity index (χ0) is 19.1. The Hall–Kier alpha value is -2.97. The minimum absolute atomic E-state index is 0.138. The molecule has 9 heteroatoms. The molecular formula is C17H22N4O5. The summed E-state index contributed by atoms with van der Waals surface area (Å²) in [7, 11) is 2.95. The van der Waals surface area contributed by atoms with Crippen molar-refractivity contribution in [3.63, 3.8) is 0 Å². The maximum Gasteiger partial charge on any atom is 0.415 e. The highest BCUT2D eigenvalue weighted by atomic mass is 16.6. The minimum atomic E-state index is -0.835. The number of nitrogens with zero attached hydrogens (tertiary/aromatic N) is 3. The van der Waals surface area contributed by atoms with E-state index in [4.69, 9.17) is 14.0 Å². The predicted molar refractivity (Wildman–Crippen MR) is 93.5 cm³/mol. The van der Waals surface area contributed by atoms with E-state index in [1.165, 1.54) is 19.1 Å². The normalized spacial score (nSPS) is 18.3. The fourth-order valence-corrected chi connectivity index (χ4v) is 2.94. The van der Waals surface area contributed by atoms with Crippen molar-refractivity contribution in [2.24, 2.45) is 5.16 Å². The topological polar surface area (TPSA) is 98.3 Å². The van der Waals surface area contributed by atoms with Crippen LogP contribution in [0.3, 0.4) is 0 Å². The van der Waals surface area contributed by atoms with Crippen LogP contribution in [0.1, 0.15) is 20.8 Å². The Bertz CT molecular complexity index is 921. The van der Waals surface area contributed by atoms with Gasteiger partial charge in [-0.05, 0) is 38.1 Å². The molecule has 1 fully saturated rings. The number of carbonyl (C=O) groups is 2. The molecule has 0 saturated carbocycles. The standard InChI is InChI=1S/C17H22N4O5/c1-17(2,3)21-11-7-6-10(8-12(11)25-15(21)19-24-5)20-9-13(14(22)18-4)26-16(20)23/h6-8,13H,9H2,1-5H3,(H,18,22)/b19-15+/t13-/m1/s1. The van der Waals surface area contributed by atoms with Gasteiger partial charge in [-0.1, -0.05) is 0 Å². The van der Waals surface area contributed by atoms with Gasteiger partial charge in [-0.25, -0.2) is 4.79 Å². The Kier molecular flexibility index (Phi) is 4.39. The number of carbonyl (C=O) groups excluding carboxylic acids is 2. The number of anilines is 1. The van der Waals surface area contributed by atoms with Gasteiger partial charge in [-0.2, -0.15) is 0 Å². The number of ether oxygens (including phenoxy) is 1. The van der Waals surface area contributed by atoms with Gasteiger partial charge in [0.05, 0.1) is 17.7 Å². The van der Waals surface area contributed by atoms with E-state index in [1.54, 1.807) is 12.1 Å². The van der Waals surface area contributed by atoms with E-state index in [1.807, 2.05) is 31.4 Å². The van der Waals surface area contributed by atoms with E-state index >= 15 is 0 Å². The van der Waals surface area contributed by atoms with E-state index in [-0.39, 0.29) is 18.0 Å². The second-order valence-corrected chi connectivity index (χ2v) is 6.91. The molecule has 0 unspecified atom stereocenters. The van der Waals surface area contributed by atoms with E-state index < -0.39 is 12.2 Å². The molecule has 0 radical (unpaired) electrons. The zero-order valence-electron chi connectivity index (χ0n) is 15.4. The number of oxazole rings is 1. The molecule has 1 aliphatic heterocycles. The number of rotatable bonds is 3. The van der Waals surface area contributed by atoms with Gasteiger partial charge in [-0.3, -0.25) is 14.3 Å². The SMILES string of the molecule is CNC(=O)[C@H]1CN(c2ccc3c(c2)o/c(=N/OC)n3C(C)(C)C)C(=O)O1. The molecule has 1 N–H and O–H groups in total. The number of hydrogen-bond acceptors (Lipinski definition) is 6. The number of likely N-dealkylation sites (N-methyl/N-ethyl adjacent to an activating group) is 1. The Morgan fingerprint density at radius 2 is 2.12 bits per heavy atom. The van der Waals surface area contributed by atoms with Crippen LogP contribution in [0.4, 0.5) is 10.5 Å². The van der Waals surface area contributed by atoms with Crippen molar-refractivity contribution in [3.05, 3.63) is 23.9 Å². The Labute approximate surface area is 150 Å². The van der Waals surface area contributed by atoms with Gasteiger partial charge in [0.1, 0.15) is 7.11 Å². The summed E-state index contributed by atoms with van der Waals surface area (Å²) in [5.41, 5.74) is 1.96. The van der Waals surface area contributed by atoms with Crippen LogP contribution in [0.5, 0.6) is 0 Å². The van der Waals surface area contributed by atoms with Crippen LogP contribution in [0.25, 0.3) is 11.1 Å². The lowest BCUT2D eigenvalue weighted by Crippen LogP contribution is -2.35. The first-order valence-corrected chi connectivity index (χ1v) is 8.19. The van der Waals surface area contributed by atoms with Crippen LogP contribution in [0.15, 0.2) is 27.8 Å². The molecule has 26 heavy (non-hydrogen) atoms. The number of amides is 2. The van der Waals surface area contributed by atoms with Crippen LogP contribution >= 0.6 is 0 Å². The summed E-state index contributed by atoms with van der Waals surface area (Å²) in [6, 6.07) is 5.35. The van der Waals surface area contributed by atoms with Crippen molar-refractivity contribution in [2.45, 2.75) is 32.4 Å². The largest absolute Gasteiger partial charge is 0.434 e. The van der Waals surface area contributed by atoms with Crippen molar-refractivity contribution >= 4 is 28.8 Å². The number of hydrogen-bond donors (Lipinski definition) is 1. The second kappa shape index (κ2) is 6.40. The van der Waals surface area contributed by atoms with Crippen molar-refractivity contribution in [1.29, 1.82) is 0 Å². The Morgan fingerprint density at radius 3 is 2.73 bits per heavy atom. The van der Waals surface area contributed by atoms with E-state index in [2.05, 4.69) is 10.5 Å². The molecule has 0 aliphatic carbocycles. The molecule has 1 saturated heterocycles. The van der Waals surface area contributed by atoms with Crippen LogP contribution in [-0.2, 0) is 19.9 Å². The third-order valence-electron chi connectivity index (χ3n) is 4.08. The maximum absolute atomic E-state index is 12.1. The highest BCUT2D eigenvalue weighted by molar-refractivity contribution is 5.96. The van der Waals surface area contributed by atoms with E-state index in [0.29, 0.717) is 17.0 Å². The third-order valence-corrected chi connectivity index (χ3v) is 4.08. The summed E-state index contributed by atoms with van der Waals surface area (Å²) >= 11 is 0. The summed E-state index contributed by atoms with van der Waals surface area (Å²) in [5, 5.41) is 6.42. The van der Waals surface area contributed by atoms with Gasteiger partial charge in [0.25, 0.3) is 5.91 Å². The predicted octanol–water partition coefficient (Wildman–Crippen LogP) is 1.52. The lowest BCUT2D eigenvalue weighted by Gasteiger charge is -2.21. The first-order chi connectivity index (χ1) is 12.3. The Balaban J connectivity index is 2.05. The van der Waals surface area contributed by atoms with Crippen LogP contribution in [-0.4, -0.2) is 43.4 Å². The molecule has 2 amide bonds. The molecule has 0 bridgehead atoms. The minimum Gasteiger partial charge on any atom is -0.434 e. The smallest absolute Gasteiger partial charge is 0.415 e. The molecule has 0 spiro atoms. The third kappa shape index (κ3) is 3.00. The van der Waals surface area contributed by atoms with Gasteiger partial charge in [0.15, 0.2) is 11.7 Å². The first-order valence-electron chi connectivity index (χ1n) is 8.19. The fraction of sp³-hybridized carbons (Fsp3) is 0.471. The summed E-state index contributed by atoms with van der Waals surface area (Å²) in [6.07, 6.45) is -1.41. The molecular weight excluding hydrogens is 340 g/mol. The van der Waals surface area contributed by atoms with Crippen LogP contribution < -0.4 is 15.9 Å². The summed E-state index contributed by atoms with van der Waals surface area (Å²) in [5.74, 6) is -0.341. The van der Waals surface area contributed by atoms with Gasteiger partial charge in [0, 0.05) is 18.7 Å². The molecule has 1 aromatic carbocycles. The van der Waals surface area contributed by atoms with Crippen molar-refractivity contribution < 1.29 is 23.6 Å². The van der Waals surface area contributed by atoms with E-state index in [0.717, 1.165) is 5.52 Å². The zero-order valence-corrected chi connectivity index (χ0v) is 15.4. The summed E-state index contributed by atoms with van der Waals surface area (Å²) < 4.78 is 12.8. The molecule has 140 valence electrons. The fourth-order valence-electron chi connectivity index (χ4n) is 2.94. The monoisotopic (exact) mass is 362 g/mol. The number of benzene rings is 1. The quantitative estimate of drug-likeness (QED) is 0.835. The highest BCUT2D eigenvalue weighted by Gasteiger charge is 2.36. The summed E-state index contributed by atoms with van der Waals surface area (Å²) in [6.45, 7) is 6.21. The molecule has 1 atom stereocenters. The average Bonchev–Trinajstić information content (AvgIpc) is 3.13. The molecule has 1 aliphatic rings. The van der Waals surface area contributed by atoms with Crippen molar-refractivity contribution in [2.75, 3.05) is 25.6 Å². The van der Waals surface area contributed by atoms with Gasteiger partial charge in [-0.15, -0.1) is 0 Å². The van der Waals surface area contributed by atoms with Gasteiger partial charge >= 0.3 is 11.8 Å². The van der Waals surface area contributed by atoms with Gasteiger partial charge in [0.2, 0.25) is 0 Å². The van der Waals surface area contributed by atoms with Crippen molar-refractivity contribution in [1.82, 2.24) is 9.88 Å². The molecule has 1 aromatic heterocycles. The average molecular weight is 362 g/mol. The molecule has 2 heterocycles. The van der Waals surface area contributed by atoms with Crippen molar-refractivity contribution in [3.8, 4) is 0 Å². The second-order valence-electron chi connectivity index (χ2n) is 6.91. The molecule has 3 rings (SSSR count). The Morgan fingerprint density at radius 1 is 1.38 bits per heavy atom. The van der Waals surface area contributed by atoms with Crippen LogP contribution in [0, 0.1) is 0 Å². The van der Waals surface area contributed by atoms with E-state index in [9.17, 15) is 9.59 Å². The number of cyclic esters (lactones) is 1. The number of aromatic nitrogens is 1. The summed E-state index contributed by atoms with van der Waals surface area (Å²) in [4.78, 5) is 30.1. The van der Waals surface area contributed by atoms with Crippen LogP contribution in [0.2, 0.25) is 0 Å². The maximum atomic E-state index is 12.1. The molecule has 2 aromatic rings. The first kappa shape index (κ1) is 17.8. The number of fused-ring (bicyclic) bond motifs is 1. The lowest BCUT2D eigenvalue weighted by molar-refractivity contribution is -0.127. The highest BCUT2D eigenvalue weighted by Crippen LogP contribution is 2.28. The lowest BCUT2D eigenvalue weighted by atomic mass is 10.1. The number of nitrogens with one attached hydrogen (secondary N) is 1. The van der Waals surface area contributed by atoms with Gasteiger partial charge < -0.3 is 19.3 Å².